The third-order valence-corrected chi connectivity index (χ3v) is 3.47. The first-order valence-electron chi connectivity index (χ1n) is 7.22. The first-order valence-corrected chi connectivity index (χ1v) is 7.22. The summed E-state index contributed by atoms with van der Waals surface area (Å²) in [4.78, 5) is 23.1. The number of carbonyl (C=O) groups is 2. The lowest BCUT2D eigenvalue weighted by Crippen LogP contribution is -2.20. The van der Waals surface area contributed by atoms with E-state index in [2.05, 4.69) is 10.6 Å². The molecule has 2 rings (SSSR count). The SMILES string of the molecule is NCCCCCC(=O)Nc1cc2c(cc1F)CCC(=O)N2. The molecule has 0 unspecified atom stereocenters. The number of nitrogens with one attached hydrogen (secondary N) is 2. The van der Waals surface area contributed by atoms with E-state index in [4.69, 9.17) is 5.73 Å². The molecule has 1 aromatic carbocycles. The second-order valence-corrected chi connectivity index (χ2v) is 5.18. The highest BCUT2D eigenvalue weighted by atomic mass is 19.1. The molecule has 1 aliphatic heterocycles. The molecule has 2 amide bonds. The molecule has 0 spiro atoms. The van der Waals surface area contributed by atoms with Gasteiger partial charge in [0.2, 0.25) is 11.8 Å². The Balaban J connectivity index is 1.98. The van der Waals surface area contributed by atoms with Crippen molar-refractivity contribution < 1.29 is 14.0 Å². The van der Waals surface area contributed by atoms with Crippen LogP contribution in [0.4, 0.5) is 15.8 Å². The van der Waals surface area contributed by atoms with Gasteiger partial charge in [0.05, 0.1) is 5.69 Å². The van der Waals surface area contributed by atoms with Gasteiger partial charge in [0.15, 0.2) is 0 Å². The summed E-state index contributed by atoms with van der Waals surface area (Å²) in [5.74, 6) is -0.790. The highest BCUT2D eigenvalue weighted by Gasteiger charge is 2.18. The maximum Gasteiger partial charge on any atom is 0.224 e. The number of amides is 2. The summed E-state index contributed by atoms with van der Waals surface area (Å²) in [6.45, 7) is 0.612. The number of halogens is 1. The first kappa shape index (κ1) is 15.4. The highest BCUT2D eigenvalue weighted by molar-refractivity contribution is 5.96. The summed E-state index contributed by atoms with van der Waals surface area (Å²) < 4.78 is 13.9. The maximum atomic E-state index is 13.9. The number of fused-ring (bicyclic) bond motifs is 1. The first-order chi connectivity index (χ1) is 10.1. The number of hydrogen-bond donors (Lipinski definition) is 3. The average molecular weight is 293 g/mol. The van der Waals surface area contributed by atoms with Gasteiger partial charge in [-0.1, -0.05) is 6.42 Å². The molecule has 1 aromatic rings. The van der Waals surface area contributed by atoms with Gasteiger partial charge in [-0.3, -0.25) is 9.59 Å². The van der Waals surface area contributed by atoms with Crippen molar-refractivity contribution >= 4 is 23.2 Å². The van der Waals surface area contributed by atoms with Crippen LogP contribution in [0.25, 0.3) is 0 Å². The average Bonchev–Trinajstić information content (AvgIpc) is 2.45. The fourth-order valence-corrected chi connectivity index (χ4v) is 2.31. The van der Waals surface area contributed by atoms with Crippen molar-refractivity contribution in [1.29, 1.82) is 0 Å². The Morgan fingerprint density at radius 2 is 2.10 bits per heavy atom. The number of benzene rings is 1. The number of carbonyl (C=O) groups excluding carboxylic acids is 2. The number of anilines is 2. The van der Waals surface area contributed by atoms with Crippen molar-refractivity contribution in [3.63, 3.8) is 0 Å². The summed E-state index contributed by atoms with van der Waals surface area (Å²) in [6.07, 6.45) is 3.71. The van der Waals surface area contributed by atoms with Crippen LogP contribution >= 0.6 is 0 Å². The lowest BCUT2D eigenvalue weighted by Gasteiger charge is -2.18. The molecule has 0 bridgehead atoms. The molecule has 0 atom stereocenters. The Morgan fingerprint density at radius 3 is 2.86 bits per heavy atom. The van der Waals surface area contributed by atoms with Crippen molar-refractivity contribution in [2.75, 3.05) is 17.2 Å². The van der Waals surface area contributed by atoms with Crippen molar-refractivity contribution in [1.82, 2.24) is 0 Å². The molecular formula is C15H20FN3O2. The third kappa shape index (κ3) is 4.26. The summed E-state index contributed by atoms with van der Waals surface area (Å²) >= 11 is 0. The Morgan fingerprint density at radius 1 is 1.29 bits per heavy atom. The fourth-order valence-electron chi connectivity index (χ4n) is 2.31. The number of hydrogen-bond acceptors (Lipinski definition) is 3. The second-order valence-electron chi connectivity index (χ2n) is 5.18. The Bertz CT molecular complexity index is 546. The lowest BCUT2D eigenvalue weighted by molar-refractivity contribution is -0.117. The summed E-state index contributed by atoms with van der Waals surface area (Å²) in [7, 11) is 0. The number of rotatable bonds is 6. The van der Waals surface area contributed by atoms with E-state index in [9.17, 15) is 14.0 Å². The second kappa shape index (κ2) is 7.17. The molecule has 114 valence electrons. The summed E-state index contributed by atoms with van der Waals surface area (Å²) in [5, 5.41) is 5.25. The van der Waals surface area contributed by atoms with Crippen molar-refractivity contribution in [3.8, 4) is 0 Å². The van der Waals surface area contributed by atoms with Crippen LogP contribution in [0, 0.1) is 5.82 Å². The minimum Gasteiger partial charge on any atom is -0.330 e. The van der Waals surface area contributed by atoms with Gasteiger partial charge in [-0.25, -0.2) is 4.39 Å². The predicted molar refractivity (Wildman–Crippen MR) is 79.5 cm³/mol. The van der Waals surface area contributed by atoms with Crippen molar-refractivity contribution in [2.24, 2.45) is 5.73 Å². The monoisotopic (exact) mass is 293 g/mol. The summed E-state index contributed by atoms with van der Waals surface area (Å²) in [6, 6.07) is 2.86. The van der Waals surface area contributed by atoms with Gasteiger partial charge < -0.3 is 16.4 Å². The van der Waals surface area contributed by atoms with E-state index in [1.54, 1.807) is 0 Å². The van der Waals surface area contributed by atoms with Crippen LogP contribution in [-0.4, -0.2) is 18.4 Å². The number of unbranched alkanes of at least 4 members (excludes halogenated alkanes) is 2. The zero-order valence-corrected chi connectivity index (χ0v) is 11.9. The van der Waals surface area contributed by atoms with Crippen LogP contribution in [0.1, 0.15) is 37.7 Å². The van der Waals surface area contributed by atoms with E-state index in [1.165, 1.54) is 12.1 Å². The van der Waals surface area contributed by atoms with Crippen LogP contribution in [-0.2, 0) is 16.0 Å². The molecule has 1 aliphatic rings. The Hall–Kier alpha value is -1.95. The predicted octanol–water partition coefficient (Wildman–Crippen LogP) is 2.17. The van der Waals surface area contributed by atoms with E-state index in [-0.39, 0.29) is 17.5 Å². The Kier molecular flexibility index (Phi) is 5.27. The Labute approximate surface area is 123 Å². The van der Waals surface area contributed by atoms with Crippen molar-refractivity contribution in [3.05, 3.63) is 23.5 Å². The van der Waals surface area contributed by atoms with Crippen LogP contribution in [0.15, 0.2) is 12.1 Å². The molecule has 5 nitrogen and oxygen atoms in total. The van der Waals surface area contributed by atoms with Crippen LogP contribution in [0.3, 0.4) is 0 Å². The molecular weight excluding hydrogens is 273 g/mol. The zero-order chi connectivity index (χ0) is 15.2. The topological polar surface area (TPSA) is 84.2 Å². The van der Waals surface area contributed by atoms with Gasteiger partial charge in [-0.05, 0) is 43.5 Å². The molecule has 0 fully saturated rings. The molecule has 1 heterocycles. The van der Waals surface area contributed by atoms with E-state index >= 15 is 0 Å². The normalized spacial score (nSPS) is 13.5. The maximum absolute atomic E-state index is 13.9. The van der Waals surface area contributed by atoms with E-state index in [1.807, 2.05) is 0 Å². The van der Waals surface area contributed by atoms with Crippen LogP contribution < -0.4 is 16.4 Å². The standard InChI is InChI=1S/C15H20FN3O2/c16-11-8-10-5-6-15(21)18-12(10)9-13(11)19-14(20)4-2-1-3-7-17/h8-9H,1-7,17H2,(H,18,21)(H,19,20). The molecule has 21 heavy (non-hydrogen) atoms. The van der Waals surface area contributed by atoms with E-state index < -0.39 is 5.82 Å². The largest absolute Gasteiger partial charge is 0.330 e. The molecule has 6 heteroatoms. The van der Waals surface area contributed by atoms with Crippen molar-refractivity contribution in [2.45, 2.75) is 38.5 Å². The van der Waals surface area contributed by atoms with Gasteiger partial charge >= 0.3 is 0 Å². The summed E-state index contributed by atoms with van der Waals surface area (Å²) in [5.41, 5.74) is 6.82. The van der Waals surface area contributed by atoms with E-state index in [0.717, 1.165) is 24.8 Å². The quantitative estimate of drug-likeness (QED) is 0.703. The highest BCUT2D eigenvalue weighted by Crippen LogP contribution is 2.28. The van der Waals surface area contributed by atoms with Crippen LogP contribution in [0.5, 0.6) is 0 Å². The third-order valence-electron chi connectivity index (χ3n) is 3.47. The molecule has 0 radical (unpaired) electrons. The molecule has 4 N–H and O–H groups in total. The van der Waals surface area contributed by atoms with Gasteiger partial charge in [-0.2, -0.15) is 0 Å². The molecule has 0 saturated carbocycles. The number of aryl methyl sites for hydroxylation is 1. The minimum atomic E-state index is -0.472. The van der Waals surface area contributed by atoms with E-state index in [0.29, 0.717) is 31.5 Å². The fraction of sp³-hybridized carbons (Fsp3) is 0.467. The molecule has 0 aromatic heterocycles. The molecule has 0 aliphatic carbocycles. The lowest BCUT2D eigenvalue weighted by atomic mass is 10.0. The van der Waals surface area contributed by atoms with Gasteiger partial charge in [0, 0.05) is 18.5 Å². The minimum absolute atomic E-state index is 0.0897. The smallest absolute Gasteiger partial charge is 0.224 e. The number of nitrogens with two attached hydrogens (primary N) is 1. The van der Waals surface area contributed by atoms with Gasteiger partial charge in [0.1, 0.15) is 5.82 Å². The zero-order valence-electron chi connectivity index (χ0n) is 11.9. The molecule has 0 saturated heterocycles. The van der Waals surface area contributed by atoms with Gasteiger partial charge in [-0.15, -0.1) is 0 Å². The van der Waals surface area contributed by atoms with Gasteiger partial charge in [0.25, 0.3) is 0 Å². The van der Waals surface area contributed by atoms with Crippen LogP contribution in [0.2, 0.25) is 0 Å².